The summed E-state index contributed by atoms with van der Waals surface area (Å²) in [5.41, 5.74) is 0. The Balaban J connectivity index is 2.01. The molecule has 16 heavy (non-hydrogen) atoms. The van der Waals surface area contributed by atoms with Crippen LogP contribution in [0.15, 0.2) is 16.5 Å². The SMILES string of the molecule is Cc1ccc(CN2CC(C(=O)O)CC2=O)o1. The molecule has 1 fully saturated rings. The van der Waals surface area contributed by atoms with Gasteiger partial charge in [-0.3, -0.25) is 9.59 Å². The van der Waals surface area contributed by atoms with Crippen molar-refractivity contribution in [1.82, 2.24) is 4.90 Å². The molecule has 5 nitrogen and oxygen atoms in total. The van der Waals surface area contributed by atoms with Gasteiger partial charge in [0.15, 0.2) is 0 Å². The molecule has 86 valence electrons. The molecule has 1 amide bonds. The van der Waals surface area contributed by atoms with Crippen molar-refractivity contribution >= 4 is 11.9 Å². The summed E-state index contributed by atoms with van der Waals surface area (Å²) < 4.78 is 5.35. The minimum Gasteiger partial charge on any atom is -0.481 e. The Morgan fingerprint density at radius 2 is 2.38 bits per heavy atom. The molecule has 0 spiro atoms. The van der Waals surface area contributed by atoms with Crippen LogP contribution in [0.3, 0.4) is 0 Å². The zero-order chi connectivity index (χ0) is 11.7. The van der Waals surface area contributed by atoms with Gasteiger partial charge in [0, 0.05) is 13.0 Å². The molecule has 0 saturated carbocycles. The second-order valence-electron chi connectivity index (χ2n) is 4.03. The van der Waals surface area contributed by atoms with E-state index in [1.807, 2.05) is 13.0 Å². The van der Waals surface area contributed by atoms with Crippen molar-refractivity contribution < 1.29 is 19.1 Å². The molecule has 0 radical (unpaired) electrons. The summed E-state index contributed by atoms with van der Waals surface area (Å²) in [6.07, 6.45) is 0.0923. The van der Waals surface area contributed by atoms with Gasteiger partial charge < -0.3 is 14.4 Å². The lowest BCUT2D eigenvalue weighted by molar-refractivity contribution is -0.141. The number of carboxylic acid groups (broad SMARTS) is 1. The first-order valence-corrected chi connectivity index (χ1v) is 5.12. The summed E-state index contributed by atoms with van der Waals surface area (Å²) >= 11 is 0. The molecule has 1 aromatic rings. The van der Waals surface area contributed by atoms with Gasteiger partial charge >= 0.3 is 5.97 Å². The van der Waals surface area contributed by atoms with Crippen LogP contribution in [0, 0.1) is 12.8 Å². The van der Waals surface area contributed by atoms with E-state index in [1.165, 1.54) is 4.90 Å². The van der Waals surface area contributed by atoms with E-state index < -0.39 is 11.9 Å². The van der Waals surface area contributed by atoms with Crippen molar-refractivity contribution in [1.29, 1.82) is 0 Å². The number of amides is 1. The summed E-state index contributed by atoms with van der Waals surface area (Å²) in [7, 11) is 0. The molecular formula is C11H13NO4. The predicted octanol–water partition coefficient (Wildman–Crippen LogP) is 1.02. The number of nitrogens with zero attached hydrogens (tertiary/aromatic N) is 1. The van der Waals surface area contributed by atoms with Crippen LogP contribution >= 0.6 is 0 Å². The zero-order valence-electron chi connectivity index (χ0n) is 8.97. The molecule has 1 aliphatic rings. The number of aliphatic carboxylic acids is 1. The van der Waals surface area contributed by atoms with Crippen molar-refractivity contribution in [3.05, 3.63) is 23.7 Å². The van der Waals surface area contributed by atoms with Crippen molar-refractivity contribution in [2.75, 3.05) is 6.54 Å². The van der Waals surface area contributed by atoms with Crippen LogP contribution < -0.4 is 0 Å². The molecule has 1 saturated heterocycles. The minimum absolute atomic E-state index is 0.0923. The first-order chi connectivity index (χ1) is 7.56. The topological polar surface area (TPSA) is 70.8 Å². The Morgan fingerprint density at radius 3 is 2.88 bits per heavy atom. The summed E-state index contributed by atoms with van der Waals surface area (Å²) in [5, 5.41) is 8.82. The first kappa shape index (κ1) is 10.7. The Bertz CT molecular complexity index is 423. The van der Waals surface area contributed by atoms with Gasteiger partial charge in [-0.15, -0.1) is 0 Å². The molecule has 1 unspecified atom stereocenters. The lowest BCUT2D eigenvalue weighted by atomic mass is 10.1. The van der Waals surface area contributed by atoms with E-state index in [2.05, 4.69) is 0 Å². The van der Waals surface area contributed by atoms with E-state index in [1.54, 1.807) is 6.07 Å². The zero-order valence-corrected chi connectivity index (χ0v) is 8.97. The third kappa shape index (κ3) is 2.08. The van der Waals surface area contributed by atoms with Gasteiger partial charge in [-0.1, -0.05) is 0 Å². The molecule has 2 rings (SSSR count). The second kappa shape index (κ2) is 4.00. The average Bonchev–Trinajstić information content (AvgIpc) is 2.75. The van der Waals surface area contributed by atoms with Crippen molar-refractivity contribution in [3.8, 4) is 0 Å². The maximum Gasteiger partial charge on any atom is 0.308 e. The summed E-state index contributed by atoms with van der Waals surface area (Å²) in [6, 6.07) is 3.63. The van der Waals surface area contributed by atoms with Crippen molar-refractivity contribution in [2.24, 2.45) is 5.92 Å². The van der Waals surface area contributed by atoms with Crippen LogP contribution in [0.1, 0.15) is 17.9 Å². The Labute approximate surface area is 92.7 Å². The van der Waals surface area contributed by atoms with Crippen LogP contribution in [0.5, 0.6) is 0 Å². The van der Waals surface area contributed by atoms with E-state index >= 15 is 0 Å². The number of rotatable bonds is 3. The molecule has 0 aliphatic carbocycles. The summed E-state index contributed by atoms with van der Waals surface area (Å²) in [5.74, 6) is -0.134. The maximum absolute atomic E-state index is 11.5. The summed E-state index contributed by atoms with van der Waals surface area (Å²) in [4.78, 5) is 23.8. The van der Waals surface area contributed by atoms with Gasteiger partial charge in [0.1, 0.15) is 11.5 Å². The molecule has 1 aromatic heterocycles. The number of hydrogen-bond acceptors (Lipinski definition) is 3. The fraction of sp³-hybridized carbons (Fsp3) is 0.455. The highest BCUT2D eigenvalue weighted by Gasteiger charge is 2.34. The number of likely N-dealkylation sites (tertiary alicyclic amines) is 1. The van der Waals surface area contributed by atoms with E-state index in [0.717, 1.165) is 5.76 Å². The van der Waals surface area contributed by atoms with E-state index in [-0.39, 0.29) is 18.9 Å². The lowest BCUT2D eigenvalue weighted by Gasteiger charge is -2.13. The molecule has 1 atom stereocenters. The van der Waals surface area contributed by atoms with Gasteiger partial charge in [0.25, 0.3) is 0 Å². The Kier molecular flexibility index (Phi) is 2.68. The predicted molar refractivity (Wildman–Crippen MR) is 54.6 cm³/mol. The summed E-state index contributed by atoms with van der Waals surface area (Å²) in [6.45, 7) is 2.46. The largest absolute Gasteiger partial charge is 0.481 e. The van der Waals surface area contributed by atoms with Gasteiger partial charge in [-0.25, -0.2) is 0 Å². The molecule has 5 heteroatoms. The maximum atomic E-state index is 11.5. The van der Waals surface area contributed by atoms with Crippen molar-refractivity contribution in [2.45, 2.75) is 19.9 Å². The lowest BCUT2D eigenvalue weighted by Crippen LogP contribution is -2.25. The number of carbonyl (C=O) groups excluding carboxylic acids is 1. The van der Waals surface area contributed by atoms with E-state index in [0.29, 0.717) is 12.3 Å². The quantitative estimate of drug-likeness (QED) is 0.830. The van der Waals surface area contributed by atoms with Gasteiger partial charge in [-0.05, 0) is 19.1 Å². The van der Waals surface area contributed by atoms with E-state index in [9.17, 15) is 9.59 Å². The van der Waals surface area contributed by atoms with Crippen molar-refractivity contribution in [3.63, 3.8) is 0 Å². The third-order valence-electron chi connectivity index (χ3n) is 2.71. The van der Waals surface area contributed by atoms with Crippen LogP contribution in [-0.2, 0) is 16.1 Å². The monoisotopic (exact) mass is 223 g/mol. The van der Waals surface area contributed by atoms with Crippen LogP contribution in [0.25, 0.3) is 0 Å². The fourth-order valence-corrected chi connectivity index (χ4v) is 1.85. The number of furan rings is 1. The Hall–Kier alpha value is -1.78. The van der Waals surface area contributed by atoms with Gasteiger partial charge in [-0.2, -0.15) is 0 Å². The van der Waals surface area contributed by atoms with Crippen LogP contribution in [0.2, 0.25) is 0 Å². The first-order valence-electron chi connectivity index (χ1n) is 5.12. The number of hydrogen-bond donors (Lipinski definition) is 1. The number of aryl methyl sites for hydroxylation is 1. The van der Waals surface area contributed by atoms with Crippen LogP contribution in [0.4, 0.5) is 0 Å². The van der Waals surface area contributed by atoms with Gasteiger partial charge in [0.2, 0.25) is 5.91 Å². The molecular weight excluding hydrogens is 210 g/mol. The van der Waals surface area contributed by atoms with Crippen LogP contribution in [-0.4, -0.2) is 28.4 Å². The second-order valence-corrected chi connectivity index (χ2v) is 4.03. The third-order valence-corrected chi connectivity index (χ3v) is 2.71. The minimum atomic E-state index is -0.911. The van der Waals surface area contributed by atoms with E-state index in [4.69, 9.17) is 9.52 Å². The highest BCUT2D eigenvalue weighted by molar-refractivity contribution is 5.85. The number of carbonyl (C=O) groups is 2. The standard InChI is InChI=1S/C11H13NO4/c1-7-2-3-9(16-7)6-12-5-8(11(14)15)4-10(12)13/h2-3,8H,4-6H2,1H3,(H,14,15). The molecule has 0 aromatic carbocycles. The molecule has 1 N–H and O–H groups in total. The number of carboxylic acids is 1. The molecule has 2 heterocycles. The van der Waals surface area contributed by atoms with Gasteiger partial charge in [0.05, 0.1) is 12.5 Å². The normalized spacial score (nSPS) is 20.4. The highest BCUT2D eigenvalue weighted by atomic mass is 16.4. The smallest absolute Gasteiger partial charge is 0.308 e. The molecule has 0 bridgehead atoms. The average molecular weight is 223 g/mol. The fourth-order valence-electron chi connectivity index (χ4n) is 1.85. The molecule has 1 aliphatic heterocycles. The highest BCUT2D eigenvalue weighted by Crippen LogP contribution is 2.20. The Morgan fingerprint density at radius 1 is 1.62 bits per heavy atom.